The highest BCUT2D eigenvalue weighted by atomic mass is 16.2. The van der Waals surface area contributed by atoms with Gasteiger partial charge in [0.1, 0.15) is 0 Å². The molecule has 1 aromatic heterocycles. The van der Waals surface area contributed by atoms with Crippen LogP contribution in [0.4, 0.5) is 16.2 Å². The molecule has 2 heterocycles. The number of urea groups is 1. The molecule has 1 aliphatic heterocycles. The quantitative estimate of drug-likeness (QED) is 0.931. The average molecular weight is 341 g/mol. The van der Waals surface area contributed by atoms with E-state index in [4.69, 9.17) is 0 Å². The Morgan fingerprint density at radius 2 is 2.16 bits per heavy atom. The Labute approximate surface area is 149 Å². The Hall–Kier alpha value is -2.50. The molecule has 2 amide bonds. The third-order valence-corrected chi connectivity index (χ3v) is 5.14. The van der Waals surface area contributed by atoms with Gasteiger partial charge in [0.15, 0.2) is 0 Å². The summed E-state index contributed by atoms with van der Waals surface area (Å²) in [5, 5.41) is 3.09. The van der Waals surface area contributed by atoms with Crippen LogP contribution in [0.3, 0.4) is 0 Å². The molecule has 1 saturated heterocycles. The standard InChI is InChI=1S/C19H27N5O/c1-14-8-10-23(12-18(14)24-11-9-20-13-24)19(25)21-16-6-5-7-17(15(16)2)22(3)4/h5-7,9,11,13-14,18H,8,10,12H2,1-4H3,(H,21,25). The van der Waals surface area contributed by atoms with Gasteiger partial charge in [-0.15, -0.1) is 0 Å². The third-order valence-electron chi connectivity index (χ3n) is 5.14. The van der Waals surface area contributed by atoms with Crippen LogP contribution >= 0.6 is 0 Å². The summed E-state index contributed by atoms with van der Waals surface area (Å²) in [5.74, 6) is 0.525. The van der Waals surface area contributed by atoms with Crippen molar-refractivity contribution >= 4 is 17.4 Å². The number of hydrogen-bond donors (Lipinski definition) is 1. The van der Waals surface area contributed by atoms with Gasteiger partial charge in [0.2, 0.25) is 0 Å². The first-order valence-corrected chi connectivity index (χ1v) is 8.77. The molecule has 2 atom stereocenters. The number of piperidine rings is 1. The number of imidazole rings is 1. The first-order valence-electron chi connectivity index (χ1n) is 8.77. The van der Waals surface area contributed by atoms with E-state index in [2.05, 4.69) is 32.8 Å². The van der Waals surface area contributed by atoms with E-state index in [1.54, 1.807) is 6.20 Å². The molecule has 1 aromatic carbocycles. The predicted octanol–water partition coefficient (Wildman–Crippen LogP) is 3.37. The average Bonchev–Trinajstić information content (AvgIpc) is 3.11. The third kappa shape index (κ3) is 3.62. The Bertz CT molecular complexity index is 725. The molecule has 0 saturated carbocycles. The lowest BCUT2D eigenvalue weighted by molar-refractivity contribution is 0.149. The molecule has 1 fully saturated rings. The number of nitrogens with one attached hydrogen (secondary N) is 1. The predicted molar refractivity (Wildman–Crippen MR) is 101 cm³/mol. The van der Waals surface area contributed by atoms with E-state index in [1.165, 1.54) is 0 Å². The number of nitrogens with zero attached hydrogens (tertiary/aromatic N) is 4. The van der Waals surface area contributed by atoms with Crippen LogP contribution in [0.1, 0.15) is 24.9 Å². The molecule has 0 bridgehead atoms. The Balaban J connectivity index is 1.72. The van der Waals surface area contributed by atoms with Gasteiger partial charge in [-0.1, -0.05) is 13.0 Å². The highest BCUT2D eigenvalue weighted by molar-refractivity contribution is 5.91. The molecule has 134 valence electrons. The van der Waals surface area contributed by atoms with Crippen molar-refractivity contribution in [3.8, 4) is 0 Å². The zero-order valence-corrected chi connectivity index (χ0v) is 15.4. The van der Waals surface area contributed by atoms with Crippen LogP contribution in [0.2, 0.25) is 0 Å². The van der Waals surface area contributed by atoms with Gasteiger partial charge in [-0.05, 0) is 37.0 Å². The number of amides is 2. The Kier molecular flexibility index (Phi) is 4.97. The maximum absolute atomic E-state index is 12.8. The fraction of sp³-hybridized carbons (Fsp3) is 0.474. The molecule has 3 rings (SSSR count). The minimum absolute atomic E-state index is 0.0315. The number of rotatable bonds is 3. The van der Waals surface area contributed by atoms with Crippen molar-refractivity contribution in [2.45, 2.75) is 26.3 Å². The normalized spacial score (nSPS) is 20.4. The molecule has 1 N–H and O–H groups in total. The highest BCUT2D eigenvalue weighted by Crippen LogP contribution is 2.29. The maximum Gasteiger partial charge on any atom is 0.321 e. The molecule has 6 nitrogen and oxygen atoms in total. The lowest BCUT2D eigenvalue weighted by Gasteiger charge is -2.37. The summed E-state index contributed by atoms with van der Waals surface area (Å²) < 4.78 is 2.11. The van der Waals surface area contributed by atoms with Crippen molar-refractivity contribution < 1.29 is 4.79 Å². The number of carbonyl (C=O) groups is 1. The van der Waals surface area contributed by atoms with Crippen LogP contribution in [0.25, 0.3) is 0 Å². The van der Waals surface area contributed by atoms with Crippen molar-refractivity contribution in [3.05, 3.63) is 42.5 Å². The van der Waals surface area contributed by atoms with Gasteiger partial charge in [-0.3, -0.25) is 0 Å². The molecule has 0 aliphatic carbocycles. The number of hydrogen-bond acceptors (Lipinski definition) is 3. The SMILES string of the molecule is Cc1c(NC(=O)N2CCC(C)C(n3ccnc3)C2)cccc1N(C)C. The van der Waals surface area contributed by atoms with Gasteiger partial charge in [0.25, 0.3) is 0 Å². The van der Waals surface area contributed by atoms with Crippen molar-refractivity contribution in [2.75, 3.05) is 37.4 Å². The topological polar surface area (TPSA) is 53.4 Å². The van der Waals surface area contributed by atoms with Crippen molar-refractivity contribution in [2.24, 2.45) is 5.92 Å². The van der Waals surface area contributed by atoms with Gasteiger partial charge >= 0.3 is 6.03 Å². The van der Waals surface area contributed by atoms with Gasteiger partial charge in [0, 0.05) is 51.0 Å². The zero-order chi connectivity index (χ0) is 18.0. The molecule has 25 heavy (non-hydrogen) atoms. The van der Waals surface area contributed by atoms with Crippen molar-refractivity contribution in [3.63, 3.8) is 0 Å². The number of benzene rings is 1. The van der Waals surface area contributed by atoms with Crippen molar-refractivity contribution in [1.29, 1.82) is 0 Å². The van der Waals surface area contributed by atoms with Crippen LogP contribution in [0.5, 0.6) is 0 Å². The van der Waals surface area contributed by atoms with Crippen molar-refractivity contribution in [1.82, 2.24) is 14.5 Å². The Morgan fingerprint density at radius 3 is 2.84 bits per heavy atom. The van der Waals surface area contributed by atoms with Crippen LogP contribution < -0.4 is 10.2 Å². The minimum Gasteiger partial charge on any atom is -0.377 e. The van der Waals surface area contributed by atoms with Gasteiger partial charge in [0.05, 0.1) is 12.4 Å². The zero-order valence-electron chi connectivity index (χ0n) is 15.4. The van der Waals surface area contributed by atoms with E-state index in [0.29, 0.717) is 12.5 Å². The summed E-state index contributed by atoms with van der Waals surface area (Å²) >= 11 is 0. The Morgan fingerprint density at radius 1 is 1.36 bits per heavy atom. The molecule has 2 aromatic rings. The molecule has 2 unspecified atom stereocenters. The van der Waals surface area contributed by atoms with Crippen LogP contribution in [0, 0.1) is 12.8 Å². The second-order valence-electron chi connectivity index (χ2n) is 7.06. The summed E-state index contributed by atoms with van der Waals surface area (Å²) in [6, 6.07) is 6.24. The van der Waals surface area contributed by atoms with Gasteiger partial charge < -0.3 is 19.7 Å². The van der Waals surface area contributed by atoms with E-state index in [9.17, 15) is 4.79 Å². The lowest BCUT2D eigenvalue weighted by Crippen LogP contribution is -2.45. The second-order valence-corrected chi connectivity index (χ2v) is 7.06. The first-order chi connectivity index (χ1) is 12.0. The van der Waals surface area contributed by atoms with Gasteiger partial charge in [-0.2, -0.15) is 0 Å². The maximum atomic E-state index is 12.8. The first kappa shape index (κ1) is 17.3. The minimum atomic E-state index is -0.0315. The number of likely N-dealkylation sites (tertiary alicyclic amines) is 1. The molecule has 0 spiro atoms. The number of carbonyl (C=O) groups excluding carboxylic acids is 1. The van der Waals surface area contributed by atoms with E-state index in [1.807, 2.05) is 50.6 Å². The molecule has 0 radical (unpaired) electrons. The second kappa shape index (κ2) is 7.17. The van der Waals surface area contributed by atoms with E-state index >= 15 is 0 Å². The summed E-state index contributed by atoms with van der Waals surface area (Å²) in [5.41, 5.74) is 3.06. The summed E-state index contributed by atoms with van der Waals surface area (Å²) in [4.78, 5) is 20.9. The largest absolute Gasteiger partial charge is 0.377 e. The lowest BCUT2D eigenvalue weighted by atomic mass is 9.93. The molecule has 6 heteroatoms. The van der Waals surface area contributed by atoms with E-state index in [-0.39, 0.29) is 12.1 Å². The monoisotopic (exact) mass is 341 g/mol. The fourth-order valence-electron chi connectivity index (χ4n) is 3.52. The summed E-state index contributed by atoms with van der Waals surface area (Å²) in [7, 11) is 4.02. The molecule has 1 aliphatic rings. The van der Waals surface area contributed by atoms with Crippen LogP contribution in [-0.4, -0.2) is 47.7 Å². The highest BCUT2D eigenvalue weighted by Gasteiger charge is 2.30. The number of aromatic nitrogens is 2. The van der Waals surface area contributed by atoms with E-state index < -0.39 is 0 Å². The van der Waals surface area contributed by atoms with Gasteiger partial charge in [-0.25, -0.2) is 9.78 Å². The smallest absolute Gasteiger partial charge is 0.321 e. The van der Waals surface area contributed by atoms with E-state index in [0.717, 1.165) is 29.9 Å². The summed E-state index contributed by atoms with van der Waals surface area (Å²) in [6.07, 6.45) is 6.61. The van der Waals surface area contributed by atoms with Crippen LogP contribution in [0.15, 0.2) is 36.9 Å². The van der Waals surface area contributed by atoms with Crippen LogP contribution in [-0.2, 0) is 0 Å². The summed E-state index contributed by atoms with van der Waals surface area (Å²) in [6.45, 7) is 5.77. The number of anilines is 2. The molecular weight excluding hydrogens is 314 g/mol. The molecular formula is C19H27N5O. The fourth-order valence-corrected chi connectivity index (χ4v) is 3.52.